The highest BCUT2D eigenvalue weighted by Crippen LogP contribution is 2.14. The van der Waals surface area contributed by atoms with E-state index < -0.39 is 0 Å². The summed E-state index contributed by atoms with van der Waals surface area (Å²) in [6.07, 6.45) is 0. The van der Waals surface area contributed by atoms with Gasteiger partial charge in [-0.1, -0.05) is 36.4 Å². The van der Waals surface area contributed by atoms with E-state index in [0.29, 0.717) is 5.56 Å². The minimum absolute atomic E-state index is 0.00630. The molecule has 0 heterocycles. The molecular weight excluding hydrogens is 198 g/mol. The molecule has 0 aromatic heterocycles. The third-order valence-electron chi connectivity index (χ3n) is 2.47. The molecule has 0 saturated heterocycles. The second-order valence-electron chi connectivity index (χ2n) is 3.57. The van der Waals surface area contributed by atoms with E-state index in [9.17, 15) is 4.79 Å². The molecule has 80 valence electrons. The molecule has 0 saturated carbocycles. The van der Waals surface area contributed by atoms with Crippen molar-refractivity contribution in [2.45, 2.75) is 0 Å². The van der Waals surface area contributed by atoms with Crippen molar-refractivity contribution in [1.29, 1.82) is 0 Å². The Morgan fingerprint density at radius 1 is 0.875 bits per heavy atom. The van der Waals surface area contributed by atoms with Gasteiger partial charge in [0, 0.05) is 18.3 Å². The summed E-state index contributed by atoms with van der Waals surface area (Å²) in [4.78, 5) is 13.7. The SMILES string of the molecule is CN(C(=O)c1ccccc1)c1ccccc1. The molecule has 2 aromatic carbocycles. The quantitative estimate of drug-likeness (QED) is 0.747. The highest BCUT2D eigenvalue weighted by molar-refractivity contribution is 6.05. The van der Waals surface area contributed by atoms with Crippen molar-refractivity contribution in [3.8, 4) is 0 Å². The summed E-state index contributed by atoms with van der Waals surface area (Å²) in [5, 5.41) is 0. The van der Waals surface area contributed by atoms with E-state index in [4.69, 9.17) is 0 Å². The Kier molecular flexibility index (Phi) is 3.01. The molecule has 2 rings (SSSR count). The van der Waals surface area contributed by atoms with E-state index in [1.54, 1.807) is 11.9 Å². The van der Waals surface area contributed by atoms with Gasteiger partial charge >= 0.3 is 0 Å². The van der Waals surface area contributed by atoms with Crippen LogP contribution in [0, 0.1) is 0 Å². The van der Waals surface area contributed by atoms with Gasteiger partial charge in [-0.25, -0.2) is 0 Å². The molecule has 0 atom stereocenters. The molecule has 0 spiro atoms. The van der Waals surface area contributed by atoms with Crippen molar-refractivity contribution in [3.63, 3.8) is 0 Å². The maximum absolute atomic E-state index is 12.1. The first kappa shape index (κ1) is 10.4. The molecule has 0 unspecified atom stereocenters. The fourth-order valence-electron chi connectivity index (χ4n) is 1.54. The van der Waals surface area contributed by atoms with E-state index >= 15 is 0 Å². The van der Waals surface area contributed by atoms with Crippen LogP contribution in [0.1, 0.15) is 10.4 Å². The number of hydrogen-bond donors (Lipinski definition) is 0. The van der Waals surface area contributed by atoms with Crippen LogP contribution in [0.3, 0.4) is 0 Å². The summed E-state index contributed by atoms with van der Waals surface area (Å²) in [6.45, 7) is 0. The number of carbonyl (C=O) groups excluding carboxylic acids is 1. The van der Waals surface area contributed by atoms with Crippen molar-refractivity contribution >= 4 is 11.6 Å². The van der Waals surface area contributed by atoms with Crippen LogP contribution < -0.4 is 4.90 Å². The fourth-order valence-corrected chi connectivity index (χ4v) is 1.54. The normalized spacial score (nSPS) is 9.81. The lowest BCUT2D eigenvalue weighted by molar-refractivity contribution is 0.0993. The van der Waals surface area contributed by atoms with Gasteiger partial charge in [0.1, 0.15) is 0 Å². The Morgan fingerprint density at radius 3 is 1.94 bits per heavy atom. The lowest BCUT2D eigenvalue weighted by atomic mass is 10.2. The Hall–Kier alpha value is -2.09. The lowest BCUT2D eigenvalue weighted by Gasteiger charge is -2.17. The highest BCUT2D eigenvalue weighted by atomic mass is 16.2. The summed E-state index contributed by atoms with van der Waals surface area (Å²) in [5.74, 6) is 0.00630. The average molecular weight is 211 g/mol. The summed E-state index contributed by atoms with van der Waals surface area (Å²) in [5.41, 5.74) is 1.60. The zero-order valence-corrected chi connectivity index (χ0v) is 9.13. The van der Waals surface area contributed by atoms with E-state index in [-0.39, 0.29) is 5.91 Å². The predicted molar refractivity (Wildman–Crippen MR) is 65.6 cm³/mol. The largest absolute Gasteiger partial charge is 0.311 e. The number of benzene rings is 2. The van der Waals surface area contributed by atoms with E-state index in [2.05, 4.69) is 0 Å². The summed E-state index contributed by atoms with van der Waals surface area (Å²) in [6, 6.07) is 18.9. The molecule has 2 heteroatoms. The maximum Gasteiger partial charge on any atom is 0.258 e. The van der Waals surface area contributed by atoms with Crippen molar-refractivity contribution in [3.05, 3.63) is 66.2 Å². The maximum atomic E-state index is 12.1. The number of carbonyl (C=O) groups is 1. The predicted octanol–water partition coefficient (Wildman–Crippen LogP) is 2.96. The van der Waals surface area contributed by atoms with Crippen LogP contribution in [-0.4, -0.2) is 13.0 Å². The minimum atomic E-state index is 0.00630. The Morgan fingerprint density at radius 2 is 1.38 bits per heavy atom. The molecule has 0 aliphatic rings. The van der Waals surface area contributed by atoms with Gasteiger partial charge in [-0.15, -0.1) is 0 Å². The second-order valence-corrected chi connectivity index (χ2v) is 3.57. The molecule has 0 radical (unpaired) electrons. The first-order valence-corrected chi connectivity index (χ1v) is 5.17. The van der Waals surface area contributed by atoms with Crippen molar-refractivity contribution in [2.75, 3.05) is 11.9 Å². The first-order chi connectivity index (χ1) is 7.79. The molecular formula is C14H13NO. The molecule has 16 heavy (non-hydrogen) atoms. The summed E-state index contributed by atoms with van der Waals surface area (Å²) in [7, 11) is 1.78. The molecule has 2 nitrogen and oxygen atoms in total. The highest BCUT2D eigenvalue weighted by Gasteiger charge is 2.11. The number of rotatable bonds is 2. The van der Waals surface area contributed by atoms with Gasteiger partial charge in [-0.3, -0.25) is 4.79 Å². The van der Waals surface area contributed by atoms with Crippen LogP contribution in [0.5, 0.6) is 0 Å². The zero-order chi connectivity index (χ0) is 11.4. The third-order valence-corrected chi connectivity index (χ3v) is 2.47. The first-order valence-electron chi connectivity index (χ1n) is 5.17. The Bertz CT molecular complexity index is 465. The summed E-state index contributed by atoms with van der Waals surface area (Å²) < 4.78 is 0. The number of nitrogens with zero attached hydrogens (tertiary/aromatic N) is 1. The van der Waals surface area contributed by atoms with Crippen LogP contribution in [0.2, 0.25) is 0 Å². The van der Waals surface area contributed by atoms with Crippen molar-refractivity contribution in [2.24, 2.45) is 0 Å². The van der Waals surface area contributed by atoms with Crippen LogP contribution in [0.4, 0.5) is 5.69 Å². The lowest BCUT2D eigenvalue weighted by Crippen LogP contribution is -2.25. The van der Waals surface area contributed by atoms with Crippen LogP contribution >= 0.6 is 0 Å². The molecule has 1 amide bonds. The number of hydrogen-bond acceptors (Lipinski definition) is 1. The average Bonchev–Trinajstić information content (AvgIpc) is 2.39. The third kappa shape index (κ3) is 2.11. The topological polar surface area (TPSA) is 20.3 Å². The Labute approximate surface area is 95.1 Å². The van der Waals surface area contributed by atoms with Gasteiger partial charge in [-0.2, -0.15) is 0 Å². The van der Waals surface area contributed by atoms with E-state index in [1.807, 2.05) is 60.7 Å². The smallest absolute Gasteiger partial charge is 0.258 e. The van der Waals surface area contributed by atoms with Gasteiger partial charge in [0.15, 0.2) is 0 Å². The van der Waals surface area contributed by atoms with Gasteiger partial charge in [0.2, 0.25) is 0 Å². The van der Waals surface area contributed by atoms with Crippen LogP contribution in [-0.2, 0) is 0 Å². The molecule has 0 aliphatic heterocycles. The number of anilines is 1. The summed E-state index contributed by atoms with van der Waals surface area (Å²) >= 11 is 0. The fraction of sp³-hybridized carbons (Fsp3) is 0.0714. The number of amides is 1. The second kappa shape index (κ2) is 4.62. The molecule has 0 N–H and O–H groups in total. The standard InChI is InChI=1S/C14H13NO/c1-15(13-10-6-3-7-11-13)14(16)12-8-4-2-5-9-12/h2-11H,1H3. The molecule has 0 aliphatic carbocycles. The van der Waals surface area contributed by atoms with Gasteiger partial charge < -0.3 is 4.90 Å². The van der Waals surface area contributed by atoms with Gasteiger partial charge in [0.05, 0.1) is 0 Å². The van der Waals surface area contributed by atoms with Crippen LogP contribution in [0.25, 0.3) is 0 Å². The van der Waals surface area contributed by atoms with Crippen molar-refractivity contribution in [1.82, 2.24) is 0 Å². The van der Waals surface area contributed by atoms with Crippen molar-refractivity contribution < 1.29 is 4.79 Å². The number of para-hydroxylation sites is 1. The molecule has 2 aromatic rings. The van der Waals surface area contributed by atoms with Gasteiger partial charge in [-0.05, 0) is 24.3 Å². The monoisotopic (exact) mass is 211 g/mol. The molecule has 0 bridgehead atoms. The zero-order valence-electron chi connectivity index (χ0n) is 9.13. The van der Waals surface area contributed by atoms with Crippen LogP contribution in [0.15, 0.2) is 60.7 Å². The minimum Gasteiger partial charge on any atom is -0.311 e. The van der Waals surface area contributed by atoms with E-state index in [0.717, 1.165) is 5.69 Å². The molecule has 0 fully saturated rings. The Balaban J connectivity index is 2.24. The van der Waals surface area contributed by atoms with E-state index in [1.165, 1.54) is 0 Å². The van der Waals surface area contributed by atoms with Gasteiger partial charge in [0.25, 0.3) is 5.91 Å².